The quantitative estimate of drug-likeness (QED) is 0.311. The topological polar surface area (TPSA) is 30.8 Å². The Bertz CT molecular complexity index is 979. The van der Waals surface area contributed by atoms with E-state index in [0.29, 0.717) is 27.1 Å². The molecule has 0 amide bonds. The van der Waals surface area contributed by atoms with Crippen LogP contribution in [0.3, 0.4) is 0 Å². The molecule has 0 atom stereocenters. The van der Waals surface area contributed by atoms with Crippen LogP contribution in [-0.4, -0.2) is 6.21 Å². The van der Waals surface area contributed by atoms with Gasteiger partial charge in [0.05, 0.1) is 11.2 Å². The summed E-state index contributed by atoms with van der Waals surface area (Å²) in [7, 11) is 0. The molecule has 0 N–H and O–H groups in total. The Morgan fingerprint density at radius 1 is 0.926 bits per heavy atom. The summed E-state index contributed by atoms with van der Waals surface area (Å²) < 4.78 is 19.3. The van der Waals surface area contributed by atoms with Crippen LogP contribution in [0.2, 0.25) is 15.1 Å². The zero-order valence-electron chi connectivity index (χ0n) is 13.8. The molecule has 138 valence electrons. The minimum Gasteiger partial charge on any atom is -0.457 e. The number of rotatable bonds is 6. The first-order valence-electron chi connectivity index (χ1n) is 7.84. The Labute approximate surface area is 170 Å². The van der Waals surface area contributed by atoms with Gasteiger partial charge in [-0.1, -0.05) is 58.2 Å². The van der Waals surface area contributed by atoms with E-state index in [9.17, 15) is 4.39 Å². The summed E-state index contributed by atoms with van der Waals surface area (Å²) in [5.41, 5.74) is 1.43. The van der Waals surface area contributed by atoms with Crippen molar-refractivity contribution in [3.05, 3.63) is 92.7 Å². The molecule has 3 aromatic rings. The summed E-state index contributed by atoms with van der Waals surface area (Å²) in [6.45, 7) is 0.192. The zero-order chi connectivity index (χ0) is 19.2. The molecule has 0 bridgehead atoms. The summed E-state index contributed by atoms with van der Waals surface area (Å²) in [5.74, 6) is 0.270. The second-order valence-electron chi connectivity index (χ2n) is 5.46. The minimum atomic E-state index is -0.552. The summed E-state index contributed by atoms with van der Waals surface area (Å²) in [5, 5.41) is 5.03. The van der Waals surface area contributed by atoms with Crippen LogP contribution in [0.1, 0.15) is 11.1 Å². The van der Waals surface area contributed by atoms with E-state index < -0.39 is 5.82 Å². The van der Waals surface area contributed by atoms with Gasteiger partial charge in [-0.05, 0) is 36.4 Å². The van der Waals surface area contributed by atoms with Gasteiger partial charge in [0.1, 0.15) is 23.9 Å². The third-order valence-electron chi connectivity index (χ3n) is 3.54. The Kier molecular flexibility index (Phi) is 6.56. The van der Waals surface area contributed by atoms with E-state index in [1.165, 1.54) is 18.3 Å². The van der Waals surface area contributed by atoms with Gasteiger partial charge in [0.15, 0.2) is 0 Å². The summed E-state index contributed by atoms with van der Waals surface area (Å²) in [6.07, 6.45) is 1.51. The number of nitrogens with zero attached hydrogens (tertiary/aromatic N) is 1. The maximum Gasteiger partial charge on any atom is 0.145 e. The van der Waals surface area contributed by atoms with Crippen LogP contribution in [0.15, 0.2) is 65.8 Å². The SMILES string of the molecule is Fc1cc(Oc2ccccc2/C=N/OCc2ccc(Cl)cc2Cl)ccc1Cl. The van der Waals surface area contributed by atoms with Gasteiger partial charge in [0.25, 0.3) is 0 Å². The van der Waals surface area contributed by atoms with Crippen LogP contribution in [-0.2, 0) is 11.4 Å². The van der Waals surface area contributed by atoms with Crippen molar-refractivity contribution < 1.29 is 14.0 Å². The van der Waals surface area contributed by atoms with Crippen molar-refractivity contribution in [2.24, 2.45) is 5.16 Å². The van der Waals surface area contributed by atoms with Gasteiger partial charge in [-0.2, -0.15) is 0 Å². The molecular formula is C20H13Cl3FNO2. The fraction of sp³-hybridized carbons (Fsp3) is 0.0500. The molecule has 0 heterocycles. The lowest BCUT2D eigenvalue weighted by atomic mass is 10.2. The molecule has 0 unspecified atom stereocenters. The Morgan fingerprint density at radius 2 is 1.74 bits per heavy atom. The first-order chi connectivity index (χ1) is 13.0. The molecule has 3 nitrogen and oxygen atoms in total. The fourth-order valence-electron chi connectivity index (χ4n) is 2.19. The van der Waals surface area contributed by atoms with Gasteiger partial charge in [-0.3, -0.25) is 0 Å². The average molecular weight is 425 g/mol. The standard InChI is InChI=1S/C20H13Cl3FNO2/c21-15-6-5-14(18(23)9-15)12-26-25-11-13-3-1-2-4-20(13)27-16-7-8-17(22)19(24)10-16/h1-11H,12H2/b25-11+. The van der Waals surface area contributed by atoms with Gasteiger partial charge in [-0.15, -0.1) is 0 Å². The highest BCUT2D eigenvalue weighted by atomic mass is 35.5. The third-order valence-corrected chi connectivity index (χ3v) is 4.43. The van der Waals surface area contributed by atoms with Crippen molar-refractivity contribution in [2.45, 2.75) is 6.61 Å². The third kappa shape index (κ3) is 5.36. The van der Waals surface area contributed by atoms with Crippen LogP contribution >= 0.6 is 34.8 Å². The Balaban J connectivity index is 1.68. The van der Waals surface area contributed by atoms with Crippen molar-refractivity contribution in [3.8, 4) is 11.5 Å². The van der Waals surface area contributed by atoms with Crippen LogP contribution in [0, 0.1) is 5.82 Å². The van der Waals surface area contributed by atoms with E-state index >= 15 is 0 Å². The lowest BCUT2D eigenvalue weighted by Crippen LogP contribution is -1.93. The summed E-state index contributed by atoms with van der Waals surface area (Å²) in [4.78, 5) is 5.29. The van der Waals surface area contributed by atoms with E-state index in [1.807, 2.05) is 6.07 Å². The number of benzene rings is 3. The lowest BCUT2D eigenvalue weighted by Gasteiger charge is -2.09. The summed E-state index contributed by atoms with van der Waals surface area (Å²) in [6, 6.07) is 16.5. The molecule has 0 aliphatic carbocycles. The van der Waals surface area contributed by atoms with Crippen LogP contribution in [0.25, 0.3) is 0 Å². The predicted octanol–water partition coefficient (Wildman–Crippen LogP) is 7.13. The molecule has 0 saturated carbocycles. The number of ether oxygens (including phenoxy) is 1. The molecule has 0 fully saturated rings. The second-order valence-corrected chi connectivity index (χ2v) is 6.71. The molecule has 3 rings (SSSR count). The van der Waals surface area contributed by atoms with E-state index in [-0.39, 0.29) is 11.6 Å². The van der Waals surface area contributed by atoms with E-state index in [1.54, 1.807) is 42.5 Å². The highest BCUT2D eigenvalue weighted by molar-refractivity contribution is 6.35. The molecule has 27 heavy (non-hydrogen) atoms. The molecule has 0 saturated heterocycles. The Morgan fingerprint density at radius 3 is 2.52 bits per heavy atom. The number of hydrogen-bond acceptors (Lipinski definition) is 3. The van der Waals surface area contributed by atoms with Gasteiger partial charge in [0, 0.05) is 27.2 Å². The molecule has 0 radical (unpaired) electrons. The number of para-hydroxylation sites is 1. The normalized spacial score (nSPS) is 11.0. The van der Waals surface area contributed by atoms with Crippen LogP contribution in [0.5, 0.6) is 11.5 Å². The minimum absolute atomic E-state index is 0.0338. The van der Waals surface area contributed by atoms with Crippen molar-refractivity contribution in [3.63, 3.8) is 0 Å². The van der Waals surface area contributed by atoms with Crippen molar-refractivity contribution in [1.29, 1.82) is 0 Å². The van der Waals surface area contributed by atoms with Crippen LogP contribution < -0.4 is 4.74 Å². The van der Waals surface area contributed by atoms with Gasteiger partial charge in [0.2, 0.25) is 0 Å². The maximum atomic E-state index is 13.6. The van der Waals surface area contributed by atoms with E-state index in [2.05, 4.69) is 5.16 Å². The second kappa shape index (κ2) is 9.09. The van der Waals surface area contributed by atoms with Gasteiger partial charge >= 0.3 is 0 Å². The fourth-order valence-corrected chi connectivity index (χ4v) is 2.77. The molecule has 3 aromatic carbocycles. The Hall–Kier alpha value is -2.27. The van der Waals surface area contributed by atoms with Crippen molar-refractivity contribution in [2.75, 3.05) is 0 Å². The largest absolute Gasteiger partial charge is 0.457 e. The molecule has 7 heteroatoms. The highest BCUT2D eigenvalue weighted by Crippen LogP contribution is 2.27. The lowest BCUT2D eigenvalue weighted by molar-refractivity contribution is 0.132. The molecule has 0 aromatic heterocycles. The predicted molar refractivity (Wildman–Crippen MR) is 107 cm³/mol. The van der Waals surface area contributed by atoms with Crippen molar-refractivity contribution in [1.82, 2.24) is 0 Å². The molecular weight excluding hydrogens is 412 g/mol. The first-order valence-corrected chi connectivity index (χ1v) is 8.97. The molecule has 0 spiro atoms. The first kappa shape index (κ1) is 19.5. The van der Waals surface area contributed by atoms with Crippen LogP contribution in [0.4, 0.5) is 4.39 Å². The van der Waals surface area contributed by atoms with Gasteiger partial charge < -0.3 is 9.57 Å². The molecule has 0 aliphatic heterocycles. The monoisotopic (exact) mass is 423 g/mol. The maximum absolute atomic E-state index is 13.6. The zero-order valence-corrected chi connectivity index (χ0v) is 16.1. The number of halogens is 4. The van der Waals surface area contributed by atoms with E-state index in [0.717, 1.165) is 5.56 Å². The number of oxime groups is 1. The van der Waals surface area contributed by atoms with Gasteiger partial charge in [-0.25, -0.2) is 4.39 Å². The average Bonchev–Trinajstić information content (AvgIpc) is 2.64. The van der Waals surface area contributed by atoms with E-state index in [4.69, 9.17) is 44.4 Å². The van der Waals surface area contributed by atoms with Crippen molar-refractivity contribution >= 4 is 41.0 Å². The summed E-state index contributed by atoms with van der Waals surface area (Å²) >= 11 is 17.6. The highest BCUT2D eigenvalue weighted by Gasteiger charge is 2.06. The number of hydrogen-bond donors (Lipinski definition) is 0. The smallest absolute Gasteiger partial charge is 0.145 e. The molecule has 0 aliphatic rings.